The number of aromatic nitrogens is 2. The first-order valence-electron chi connectivity index (χ1n) is 7.71. The Morgan fingerprint density at radius 2 is 1.96 bits per heavy atom. The van der Waals surface area contributed by atoms with E-state index in [4.69, 9.17) is 22.1 Å². The molecular weight excluding hydrogens is 340 g/mol. The van der Waals surface area contributed by atoms with E-state index in [1.54, 1.807) is 0 Å². The summed E-state index contributed by atoms with van der Waals surface area (Å²) in [4.78, 5) is 26.7. The maximum atomic E-state index is 12.7. The second kappa shape index (κ2) is 6.90. The predicted molar refractivity (Wildman–Crippen MR) is 97.1 cm³/mol. The van der Waals surface area contributed by atoms with Crippen LogP contribution in [-0.4, -0.2) is 27.2 Å². The Hall–Kier alpha value is -2.93. The molecule has 0 amide bonds. The Bertz CT molecular complexity index is 1050. The average molecular weight is 356 g/mol. The second-order valence-electron chi connectivity index (χ2n) is 5.46. The number of nitrogens with one attached hydrogen (secondary N) is 1. The van der Waals surface area contributed by atoms with Crippen molar-refractivity contribution in [3.8, 4) is 5.75 Å². The van der Waals surface area contributed by atoms with Crippen LogP contribution >= 0.6 is 12.2 Å². The van der Waals surface area contributed by atoms with Crippen LogP contribution in [-0.2, 0) is 6.54 Å². The van der Waals surface area contributed by atoms with Gasteiger partial charge in [0.2, 0.25) is 0 Å². The molecule has 1 aromatic heterocycles. The van der Waals surface area contributed by atoms with Gasteiger partial charge >= 0.3 is 5.97 Å². The number of hydrogen-bond acceptors (Lipinski definition) is 4. The molecule has 0 aliphatic heterocycles. The van der Waals surface area contributed by atoms with E-state index in [9.17, 15) is 9.59 Å². The Morgan fingerprint density at radius 1 is 1.24 bits per heavy atom. The maximum Gasteiger partial charge on any atom is 0.335 e. The second-order valence-corrected chi connectivity index (χ2v) is 5.85. The quantitative estimate of drug-likeness (QED) is 0.686. The normalized spacial score (nSPS) is 10.8. The molecule has 25 heavy (non-hydrogen) atoms. The van der Waals surface area contributed by atoms with E-state index in [1.807, 2.05) is 31.2 Å². The number of H-pyrrole nitrogens is 1. The predicted octanol–water partition coefficient (Wildman–Crippen LogP) is 3.20. The van der Waals surface area contributed by atoms with E-state index < -0.39 is 5.97 Å². The van der Waals surface area contributed by atoms with Gasteiger partial charge < -0.3 is 14.8 Å². The summed E-state index contributed by atoms with van der Waals surface area (Å²) in [5, 5.41) is 9.45. The van der Waals surface area contributed by atoms with Crippen molar-refractivity contribution in [3.05, 3.63) is 68.7 Å². The number of rotatable bonds is 5. The molecule has 6 nitrogen and oxygen atoms in total. The maximum absolute atomic E-state index is 12.7. The van der Waals surface area contributed by atoms with Crippen LogP contribution in [0.1, 0.15) is 22.8 Å². The lowest BCUT2D eigenvalue weighted by Gasteiger charge is -2.09. The van der Waals surface area contributed by atoms with E-state index in [0.717, 1.165) is 11.3 Å². The lowest BCUT2D eigenvalue weighted by Crippen LogP contribution is -2.23. The third-order valence-corrected chi connectivity index (χ3v) is 4.13. The Morgan fingerprint density at radius 3 is 2.60 bits per heavy atom. The number of benzene rings is 2. The molecule has 0 aliphatic rings. The van der Waals surface area contributed by atoms with Gasteiger partial charge in [0, 0.05) is 0 Å². The van der Waals surface area contributed by atoms with Crippen LogP contribution in [0.3, 0.4) is 0 Å². The fourth-order valence-electron chi connectivity index (χ4n) is 2.57. The highest BCUT2D eigenvalue weighted by molar-refractivity contribution is 7.71. The fourth-order valence-corrected chi connectivity index (χ4v) is 2.83. The van der Waals surface area contributed by atoms with Crippen LogP contribution in [0.4, 0.5) is 0 Å². The summed E-state index contributed by atoms with van der Waals surface area (Å²) >= 11 is 5.28. The van der Waals surface area contributed by atoms with E-state index in [0.29, 0.717) is 24.1 Å². The summed E-state index contributed by atoms with van der Waals surface area (Å²) in [5.74, 6) is -0.289. The van der Waals surface area contributed by atoms with Gasteiger partial charge in [-0.2, -0.15) is 0 Å². The topological polar surface area (TPSA) is 84.3 Å². The molecule has 3 aromatic rings. The van der Waals surface area contributed by atoms with Crippen LogP contribution in [0.25, 0.3) is 10.9 Å². The van der Waals surface area contributed by atoms with Crippen molar-refractivity contribution in [2.75, 3.05) is 6.61 Å². The number of nitrogens with zero attached hydrogens (tertiary/aromatic N) is 1. The van der Waals surface area contributed by atoms with Gasteiger partial charge in [-0.1, -0.05) is 12.1 Å². The fraction of sp³-hybridized carbons (Fsp3) is 0.167. The molecule has 0 saturated heterocycles. The molecule has 128 valence electrons. The summed E-state index contributed by atoms with van der Waals surface area (Å²) < 4.78 is 7.10. The Balaban J connectivity index is 2.02. The van der Waals surface area contributed by atoms with Gasteiger partial charge in [-0.15, -0.1) is 0 Å². The Kier molecular flexibility index (Phi) is 4.67. The largest absolute Gasteiger partial charge is 0.494 e. The van der Waals surface area contributed by atoms with Crippen LogP contribution in [0.15, 0.2) is 47.3 Å². The molecule has 0 fully saturated rings. The molecule has 7 heteroatoms. The number of carbonyl (C=O) groups is 1. The molecule has 0 radical (unpaired) electrons. The molecule has 2 N–H and O–H groups in total. The molecule has 0 bridgehead atoms. The van der Waals surface area contributed by atoms with E-state index in [-0.39, 0.29) is 15.9 Å². The van der Waals surface area contributed by atoms with Gasteiger partial charge in [-0.25, -0.2) is 4.79 Å². The van der Waals surface area contributed by atoms with Crippen LogP contribution in [0.5, 0.6) is 5.75 Å². The first kappa shape index (κ1) is 16.9. The summed E-state index contributed by atoms with van der Waals surface area (Å²) in [7, 11) is 0. The van der Waals surface area contributed by atoms with Crippen molar-refractivity contribution in [1.29, 1.82) is 0 Å². The minimum absolute atomic E-state index is 0.0989. The molecule has 3 rings (SSSR count). The zero-order chi connectivity index (χ0) is 18.0. The highest BCUT2D eigenvalue weighted by Gasteiger charge is 2.10. The third kappa shape index (κ3) is 3.46. The van der Waals surface area contributed by atoms with Gasteiger partial charge in [0.1, 0.15) is 5.75 Å². The SMILES string of the molecule is CCOc1ccc(Cn2c(=S)[nH]c3cc(C(=O)O)ccc3c2=O)cc1. The van der Waals surface area contributed by atoms with E-state index >= 15 is 0 Å². The van der Waals surface area contributed by atoms with Crippen LogP contribution in [0, 0.1) is 4.77 Å². The lowest BCUT2D eigenvalue weighted by molar-refractivity contribution is 0.0697. The van der Waals surface area contributed by atoms with Crippen molar-refractivity contribution in [2.45, 2.75) is 13.5 Å². The number of carboxylic acids is 1. The molecule has 0 unspecified atom stereocenters. The van der Waals surface area contributed by atoms with Crippen molar-refractivity contribution >= 4 is 29.1 Å². The van der Waals surface area contributed by atoms with Crippen LogP contribution in [0.2, 0.25) is 0 Å². The van der Waals surface area contributed by atoms with Gasteiger partial charge in [-0.3, -0.25) is 9.36 Å². The van der Waals surface area contributed by atoms with Crippen molar-refractivity contribution < 1.29 is 14.6 Å². The molecule has 2 aromatic carbocycles. The third-order valence-electron chi connectivity index (χ3n) is 3.80. The molecule has 0 spiro atoms. The zero-order valence-electron chi connectivity index (χ0n) is 13.5. The zero-order valence-corrected chi connectivity index (χ0v) is 14.3. The van der Waals surface area contributed by atoms with Gasteiger partial charge in [-0.05, 0) is 55.0 Å². The van der Waals surface area contributed by atoms with Crippen molar-refractivity contribution in [2.24, 2.45) is 0 Å². The highest BCUT2D eigenvalue weighted by Crippen LogP contribution is 2.14. The number of aromatic amines is 1. The van der Waals surface area contributed by atoms with Gasteiger partial charge in [0.25, 0.3) is 5.56 Å². The van der Waals surface area contributed by atoms with Crippen molar-refractivity contribution in [1.82, 2.24) is 9.55 Å². The minimum atomic E-state index is -1.06. The van der Waals surface area contributed by atoms with E-state index in [1.165, 1.54) is 22.8 Å². The standard InChI is InChI=1S/C18H16N2O4S/c1-2-24-13-6-3-11(4-7-13)10-20-16(21)14-8-5-12(17(22)23)9-15(14)19-18(20)25/h3-9H,2,10H2,1H3,(H,19,25)(H,22,23). The smallest absolute Gasteiger partial charge is 0.335 e. The highest BCUT2D eigenvalue weighted by atomic mass is 32.1. The lowest BCUT2D eigenvalue weighted by atomic mass is 10.1. The summed E-state index contributed by atoms with van der Waals surface area (Å²) in [5.41, 5.74) is 1.16. The average Bonchev–Trinajstić information content (AvgIpc) is 2.59. The van der Waals surface area contributed by atoms with E-state index in [2.05, 4.69) is 4.98 Å². The molecule has 0 saturated carbocycles. The minimum Gasteiger partial charge on any atom is -0.494 e. The number of fused-ring (bicyclic) bond motifs is 1. The molecular formula is C18H16N2O4S. The summed E-state index contributed by atoms with van der Waals surface area (Å²) in [6, 6.07) is 11.8. The Labute approximate surface area is 148 Å². The number of ether oxygens (including phenoxy) is 1. The number of hydrogen-bond donors (Lipinski definition) is 2. The first-order valence-corrected chi connectivity index (χ1v) is 8.12. The summed E-state index contributed by atoms with van der Waals surface area (Å²) in [6.45, 7) is 2.82. The van der Waals surface area contributed by atoms with Crippen LogP contribution < -0.4 is 10.3 Å². The van der Waals surface area contributed by atoms with Crippen molar-refractivity contribution in [3.63, 3.8) is 0 Å². The van der Waals surface area contributed by atoms with Gasteiger partial charge in [0.05, 0.1) is 29.6 Å². The first-order chi connectivity index (χ1) is 12.0. The number of carboxylic acid groups (broad SMARTS) is 1. The summed E-state index contributed by atoms with van der Waals surface area (Å²) in [6.07, 6.45) is 0. The molecule has 0 atom stereocenters. The van der Waals surface area contributed by atoms with Gasteiger partial charge in [0.15, 0.2) is 4.77 Å². The molecule has 0 aliphatic carbocycles. The monoisotopic (exact) mass is 356 g/mol. The number of aromatic carboxylic acids is 1. The molecule has 1 heterocycles.